The first kappa shape index (κ1) is 22.4. The topological polar surface area (TPSA) is 97.8 Å². The predicted octanol–water partition coefficient (Wildman–Crippen LogP) is 1.94. The normalized spacial score (nSPS) is 13.9. The number of aryl methyl sites for hydroxylation is 1. The van der Waals surface area contributed by atoms with Crippen molar-refractivity contribution >= 4 is 22.8 Å². The number of fused-ring (bicyclic) bond motifs is 1. The molecule has 9 heteroatoms. The Morgan fingerprint density at radius 1 is 0.771 bits per heavy atom. The number of piperazine rings is 1. The molecule has 2 aromatic carbocycles. The van der Waals surface area contributed by atoms with Crippen LogP contribution < -0.4 is 11.1 Å². The first-order valence-electron chi connectivity index (χ1n) is 11.3. The maximum absolute atomic E-state index is 13.0. The van der Waals surface area contributed by atoms with Gasteiger partial charge in [0.1, 0.15) is 0 Å². The Bertz CT molecular complexity index is 1510. The molecule has 0 aliphatic carbocycles. The second-order valence-corrected chi connectivity index (χ2v) is 8.50. The van der Waals surface area contributed by atoms with Gasteiger partial charge in [-0.2, -0.15) is 0 Å². The lowest BCUT2D eigenvalue weighted by molar-refractivity contribution is 0.0518. The minimum atomic E-state index is -0.590. The molecule has 0 atom stereocenters. The molecule has 35 heavy (non-hydrogen) atoms. The molecular weight excluding hydrogens is 448 g/mol. The highest BCUT2D eigenvalue weighted by Gasteiger charge is 2.26. The molecule has 1 fully saturated rings. The highest BCUT2D eigenvalue weighted by atomic mass is 16.3. The molecule has 0 N–H and O–H groups in total. The largest absolute Gasteiger partial charge is 0.459 e. The number of nitrogens with zero attached hydrogens (tertiary/aromatic N) is 4. The fourth-order valence-electron chi connectivity index (χ4n) is 4.40. The van der Waals surface area contributed by atoms with Crippen LogP contribution in [0, 0.1) is 0 Å². The van der Waals surface area contributed by atoms with Gasteiger partial charge in [-0.1, -0.05) is 24.3 Å². The van der Waals surface area contributed by atoms with Crippen LogP contribution in [0.4, 0.5) is 0 Å². The van der Waals surface area contributed by atoms with Gasteiger partial charge in [0, 0.05) is 38.8 Å². The summed E-state index contributed by atoms with van der Waals surface area (Å²) >= 11 is 0. The molecule has 2 aromatic heterocycles. The van der Waals surface area contributed by atoms with Crippen molar-refractivity contribution in [1.82, 2.24) is 18.9 Å². The molecule has 5 rings (SSSR count). The Morgan fingerprint density at radius 2 is 1.40 bits per heavy atom. The summed E-state index contributed by atoms with van der Waals surface area (Å²) in [6.07, 6.45) is 1.47. The molecule has 0 radical (unpaired) electrons. The molecule has 0 unspecified atom stereocenters. The summed E-state index contributed by atoms with van der Waals surface area (Å²) in [5.74, 6) is 0.00586. The smallest absolute Gasteiger partial charge is 0.317 e. The van der Waals surface area contributed by atoms with Crippen molar-refractivity contribution in [1.29, 1.82) is 0 Å². The maximum atomic E-state index is 13.0. The summed E-state index contributed by atoms with van der Waals surface area (Å²) < 4.78 is 8.00. The van der Waals surface area contributed by atoms with Gasteiger partial charge in [-0.05, 0) is 42.0 Å². The van der Waals surface area contributed by atoms with Crippen LogP contribution >= 0.6 is 0 Å². The summed E-state index contributed by atoms with van der Waals surface area (Å²) in [7, 11) is 1.59. The Morgan fingerprint density at radius 3 is 2.03 bits per heavy atom. The van der Waals surface area contributed by atoms with Crippen LogP contribution in [0.5, 0.6) is 0 Å². The Hall–Kier alpha value is -4.40. The minimum Gasteiger partial charge on any atom is -0.459 e. The molecule has 3 heterocycles. The van der Waals surface area contributed by atoms with Gasteiger partial charge in [-0.3, -0.25) is 23.7 Å². The van der Waals surface area contributed by atoms with E-state index in [0.717, 1.165) is 5.56 Å². The van der Waals surface area contributed by atoms with Crippen molar-refractivity contribution < 1.29 is 14.0 Å². The number of hydrogen-bond donors (Lipinski definition) is 0. The summed E-state index contributed by atoms with van der Waals surface area (Å²) in [4.78, 5) is 53.9. The highest BCUT2D eigenvalue weighted by molar-refractivity contribution is 5.95. The number of rotatable bonds is 4. The number of aromatic nitrogens is 2. The monoisotopic (exact) mass is 472 g/mol. The standard InChI is InChI=1S/C26H24N4O5/c1-27-20-5-2-3-6-21(20)30(26(34)25(27)33)17-18-8-10-19(11-9-18)23(31)28-12-14-29(15-13-28)24(32)22-7-4-16-35-22/h2-11,16H,12-15,17H2,1H3. The maximum Gasteiger partial charge on any atom is 0.317 e. The first-order chi connectivity index (χ1) is 16.9. The van der Waals surface area contributed by atoms with Gasteiger partial charge in [0.25, 0.3) is 11.8 Å². The SMILES string of the molecule is Cn1c(=O)c(=O)n(Cc2ccc(C(=O)N3CCN(C(=O)c4ccco4)CC3)cc2)c2ccccc21. The Balaban J connectivity index is 1.29. The van der Waals surface area contributed by atoms with Gasteiger partial charge >= 0.3 is 11.1 Å². The van der Waals surface area contributed by atoms with E-state index in [1.54, 1.807) is 59.3 Å². The van der Waals surface area contributed by atoms with Crippen molar-refractivity contribution in [2.45, 2.75) is 6.54 Å². The van der Waals surface area contributed by atoms with Crippen LogP contribution in [-0.4, -0.2) is 56.9 Å². The van der Waals surface area contributed by atoms with Gasteiger partial charge in [-0.15, -0.1) is 0 Å². The van der Waals surface area contributed by atoms with E-state index in [4.69, 9.17) is 4.42 Å². The van der Waals surface area contributed by atoms with E-state index >= 15 is 0 Å². The van der Waals surface area contributed by atoms with Crippen molar-refractivity contribution in [2.75, 3.05) is 26.2 Å². The van der Waals surface area contributed by atoms with Crippen LogP contribution in [0.1, 0.15) is 26.5 Å². The van der Waals surface area contributed by atoms with E-state index in [0.29, 0.717) is 48.5 Å². The zero-order valence-electron chi connectivity index (χ0n) is 19.2. The molecule has 0 bridgehead atoms. The molecular formula is C26H24N4O5. The van der Waals surface area contributed by atoms with E-state index in [-0.39, 0.29) is 18.4 Å². The third-order valence-corrected chi connectivity index (χ3v) is 6.39. The molecule has 0 spiro atoms. The number of benzene rings is 2. The predicted molar refractivity (Wildman–Crippen MR) is 130 cm³/mol. The summed E-state index contributed by atoms with van der Waals surface area (Å²) in [5.41, 5.74) is 1.50. The number of amides is 2. The van der Waals surface area contributed by atoms with Crippen LogP contribution in [0.2, 0.25) is 0 Å². The van der Waals surface area contributed by atoms with Crippen LogP contribution in [0.25, 0.3) is 11.0 Å². The zero-order chi connectivity index (χ0) is 24.5. The second kappa shape index (κ2) is 9.09. The fourth-order valence-corrected chi connectivity index (χ4v) is 4.40. The number of para-hydroxylation sites is 2. The number of carbonyl (C=O) groups is 2. The third kappa shape index (κ3) is 4.16. The van der Waals surface area contributed by atoms with E-state index in [1.165, 1.54) is 15.4 Å². The molecule has 1 saturated heterocycles. The number of hydrogen-bond acceptors (Lipinski definition) is 5. The quantitative estimate of drug-likeness (QED) is 0.423. The van der Waals surface area contributed by atoms with Gasteiger partial charge in [-0.25, -0.2) is 0 Å². The fraction of sp³-hybridized carbons (Fsp3) is 0.231. The van der Waals surface area contributed by atoms with Crippen LogP contribution in [0.15, 0.2) is 80.9 Å². The number of carbonyl (C=O) groups excluding carboxylic acids is 2. The Labute approximate surface area is 200 Å². The molecule has 1 aliphatic heterocycles. The average molecular weight is 473 g/mol. The van der Waals surface area contributed by atoms with Crippen molar-refractivity contribution in [3.63, 3.8) is 0 Å². The zero-order valence-corrected chi connectivity index (χ0v) is 19.2. The van der Waals surface area contributed by atoms with E-state index in [1.807, 2.05) is 18.2 Å². The highest BCUT2D eigenvalue weighted by Crippen LogP contribution is 2.15. The molecule has 2 amide bonds. The average Bonchev–Trinajstić information content (AvgIpc) is 3.45. The Kier molecular flexibility index (Phi) is 5.82. The van der Waals surface area contributed by atoms with Crippen LogP contribution in [0.3, 0.4) is 0 Å². The van der Waals surface area contributed by atoms with Gasteiger partial charge in [0.05, 0.1) is 23.8 Å². The summed E-state index contributed by atoms with van der Waals surface area (Å²) in [5, 5.41) is 0. The minimum absolute atomic E-state index is 0.113. The van der Waals surface area contributed by atoms with Gasteiger partial charge in [0.15, 0.2) is 5.76 Å². The number of furan rings is 1. The van der Waals surface area contributed by atoms with E-state index in [2.05, 4.69) is 0 Å². The molecule has 1 aliphatic rings. The molecule has 9 nitrogen and oxygen atoms in total. The molecule has 178 valence electrons. The summed E-state index contributed by atoms with van der Waals surface area (Å²) in [6, 6.07) is 17.6. The molecule has 4 aromatic rings. The van der Waals surface area contributed by atoms with Crippen molar-refractivity contribution in [3.8, 4) is 0 Å². The first-order valence-corrected chi connectivity index (χ1v) is 11.3. The van der Waals surface area contributed by atoms with Crippen molar-refractivity contribution in [3.05, 3.63) is 105 Å². The van der Waals surface area contributed by atoms with Crippen molar-refractivity contribution in [2.24, 2.45) is 7.05 Å². The summed E-state index contributed by atoms with van der Waals surface area (Å²) in [6.45, 7) is 1.95. The van der Waals surface area contributed by atoms with Gasteiger partial charge in [0.2, 0.25) is 0 Å². The lowest BCUT2D eigenvalue weighted by Crippen LogP contribution is -2.50. The third-order valence-electron chi connectivity index (χ3n) is 6.39. The van der Waals surface area contributed by atoms with Gasteiger partial charge < -0.3 is 18.8 Å². The van der Waals surface area contributed by atoms with E-state index in [9.17, 15) is 19.2 Å². The van der Waals surface area contributed by atoms with Crippen LogP contribution in [-0.2, 0) is 13.6 Å². The van der Waals surface area contributed by atoms with E-state index < -0.39 is 11.1 Å². The molecule has 0 saturated carbocycles. The lowest BCUT2D eigenvalue weighted by atomic mass is 10.1. The lowest BCUT2D eigenvalue weighted by Gasteiger charge is -2.34. The second-order valence-electron chi connectivity index (χ2n) is 8.50.